The van der Waals surface area contributed by atoms with Crippen LogP contribution in [-0.2, 0) is 4.79 Å². The first kappa shape index (κ1) is 15.2. The first-order valence-corrected chi connectivity index (χ1v) is 7.43. The maximum Gasteiger partial charge on any atom is 0.261 e. The Morgan fingerprint density at radius 1 is 1.19 bits per heavy atom. The van der Waals surface area contributed by atoms with Crippen molar-refractivity contribution in [3.63, 3.8) is 0 Å². The number of hydrogen-bond donors (Lipinski definition) is 2. The number of thiophene rings is 1. The van der Waals surface area contributed by atoms with E-state index in [9.17, 15) is 9.59 Å². The molecule has 0 atom stereocenters. The first-order chi connectivity index (χ1) is 10.0. The summed E-state index contributed by atoms with van der Waals surface area (Å²) in [5, 5.41) is 5.42. The Labute approximate surface area is 127 Å². The number of nitrogens with zero attached hydrogens (tertiary/aromatic N) is 1. The van der Waals surface area contributed by atoms with Gasteiger partial charge in [-0.3, -0.25) is 9.59 Å². The molecule has 0 bridgehead atoms. The maximum absolute atomic E-state index is 11.8. The molecule has 2 heterocycles. The third-order valence-corrected chi connectivity index (χ3v) is 3.78. The largest absolute Gasteiger partial charge is 0.351 e. The van der Waals surface area contributed by atoms with E-state index in [1.54, 1.807) is 18.3 Å². The Morgan fingerprint density at radius 2 is 2.00 bits per heavy atom. The van der Waals surface area contributed by atoms with E-state index in [1.165, 1.54) is 11.3 Å². The molecule has 0 unspecified atom stereocenters. The molecule has 0 aliphatic rings. The molecule has 0 aromatic carbocycles. The molecule has 21 heavy (non-hydrogen) atoms. The van der Waals surface area contributed by atoms with Gasteiger partial charge in [-0.15, -0.1) is 11.3 Å². The molecule has 2 aromatic heterocycles. The Balaban J connectivity index is 1.74. The second kappa shape index (κ2) is 6.99. The van der Waals surface area contributed by atoms with Crippen molar-refractivity contribution >= 4 is 29.0 Å². The predicted octanol–water partition coefficient (Wildman–Crippen LogP) is 2.52. The van der Waals surface area contributed by atoms with Crippen LogP contribution in [0.1, 0.15) is 26.5 Å². The average molecular weight is 303 g/mol. The van der Waals surface area contributed by atoms with E-state index >= 15 is 0 Å². The summed E-state index contributed by atoms with van der Waals surface area (Å²) in [6.45, 7) is 4.18. The van der Waals surface area contributed by atoms with Crippen molar-refractivity contribution in [2.75, 3.05) is 11.9 Å². The first-order valence-electron chi connectivity index (χ1n) is 6.62. The fraction of sp³-hybridized carbons (Fsp3) is 0.267. The number of anilines is 1. The summed E-state index contributed by atoms with van der Waals surface area (Å²) in [5.41, 5.74) is 1.03. The number of hydrogen-bond acceptors (Lipinski definition) is 4. The van der Waals surface area contributed by atoms with E-state index in [-0.39, 0.29) is 18.2 Å². The van der Waals surface area contributed by atoms with Gasteiger partial charge in [0.2, 0.25) is 5.91 Å². The number of carbonyl (C=O) groups is 2. The summed E-state index contributed by atoms with van der Waals surface area (Å²) in [4.78, 5) is 29.4. The molecule has 0 saturated heterocycles. The summed E-state index contributed by atoms with van der Waals surface area (Å²) in [5.74, 6) is 0.203. The summed E-state index contributed by atoms with van der Waals surface area (Å²) >= 11 is 1.44. The maximum atomic E-state index is 11.8. The highest BCUT2D eigenvalue weighted by atomic mass is 32.1. The van der Waals surface area contributed by atoms with Crippen molar-refractivity contribution in [1.82, 2.24) is 10.3 Å². The third-order valence-electron chi connectivity index (χ3n) is 2.78. The van der Waals surface area contributed by atoms with E-state index in [0.29, 0.717) is 17.2 Å². The normalized spacial score (nSPS) is 10.2. The fourth-order valence-corrected chi connectivity index (χ4v) is 2.46. The molecule has 0 saturated carbocycles. The molecule has 0 spiro atoms. The number of carbonyl (C=O) groups excluding carboxylic acids is 2. The summed E-state index contributed by atoms with van der Waals surface area (Å²) in [6.07, 6.45) is 1.90. The van der Waals surface area contributed by atoms with Gasteiger partial charge >= 0.3 is 0 Å². The van der Waals surface area contributed by atoms with Crippen molar-refractivity contribution in [2.45, 2.75) is 20.3 Å². The standard InChI is InChI=1S/C15H17N3O2S/c1-10-3-6-13(17-9-10)18-14(19)7-8-16-15(20)12-5-4-11(2)21-12/h3-6,9H,7-8H2,1-2H3,(H,16,20)(H,17,18,19). The molecule has 0 aliphatic heterocycles. The number of rotatable bonds is 5. The van der Waals surface area contributed by atoms with Crippen LogP contribution in [0.2, 0.25) is 0 Å². The average Bonchev–Trinajstić information content (AvgIpc) is 2.88. The Morgan fingerprint density at radius 3 is 2.62 bits per heavy atom. The van der Waals surface area contributed by atoms with Gasteiger partial charge in [0.15, 0.2) is 0 Å². The van der Waals surface area contributed by atoms with Gasteiger partial charge in [-0.05, 0) is 37.6 Å². The van der Waals surface area contributed by atoms with Crippen LogP contribution in [0.25, 0.3) is 0 Å². The minimum atomic E-state index is -0.172. The van der Waals surface area contributed by atoms with Crippen LogP contribution in [0.4, 0.5) is 5.82 Å². The summed E-state index contributed by atoms with van der Waals surface area (Å²) in [7, 11) is 0. The smallest absolute Gasteiger partial charge is 0.261 e. The van der Waals surface area contributed by atoms with Crippen LogP contribution in [0.3, 0.4) is 0 Å². The van der Waals surface area contributed by atoms with Gasteiger partial charge in [0.1, 0.15) is 5.82 Å². The SMILES string of the molecule is Cc1ccc(NC(=O)CCNC(=O)c2ccc(C)s2)nc1. The van der Waals surface area contributed by atoms with E-state index in [4.69, 9.17) is 0 Å². The van der Waals surface area contributed by atoms with Gasteiger partial charge in [-0.25, -0.2) is 4.98 Å². The van der Waals surface area contributed by atoms with Crippen molar-refractivity contribution in [1.29, 1.82) is 0 Å². The van der Waals surface area contributed by atoms with Crippen LogP contribution in [0, 0.1) is 13.8 Å². The van der Waals surface area contributed by atoms with Gasteiger partial charge in [-0.1, -0.05) is 6.07 Å². The third kappa shape index (κ3) is 4.68. The molecule has 2 rings (SSSR count). The lowest BCUT2D eigenvalue weighted by Gasteiger charge is -2.05. The quantitative estimate of drug-likeness (QED) is 0.891. The highest BCUT2D eigenvalue weighted by Gasteiger charge is 2.08. The second-order valence-corrected chi connectivity index (χ2v) is 5.97. The van der Waals surface area contributed by atoms with Crippen LogP contribution in [0.5, 0.6) is 0 Å². The molecule has 2 aromatic rings. The highest BCUT2D eigenvalue weighted by molar-refractivity contribution is 7.13. The summed E-state index contributed by atoms with van der Waals surface area (Å²) in [6, 6.07) is 7.31. The van der Waals surface area contributed by atoms with Crippen molar-refractivity contribution in [2.24, 2.45) is 0 Å². The molecule has 0 fully saturated rings. The zero-order valence-corrected chi connectivity index (χ0v) is 12.8. The molecular formula is C15H17N3O2S. The van der Waals surface area contributed by atoms with Crippen LogP contribution in [0.15, 0.2) is 30.5 Å². The minimum Gasteiger partial charge on any atom is -0.351 e. The van der Waals surface area contributed by atoms with Gasteiger partial charge < -0.3 is 10.6 Å². The second-order valence-electron chi connectivity index (χ2n) is 4.69. The zero-order valence-electron chi connectivity index (χ0n) is 12.0. The number of pyridine rings is 1. The topological polar surface area (TPSA) is 71.1 Å². The van der Waals surface area contributed by atoms with Gasteiger partial charge in [0.05, 0.1) is 4.88 Å². The fourth-order valence-electron chi connectivity index (χ4n) is 1.68. The molecule has 110 valence electrons. The molecular weight excluding hydrogens is 286 g/mol. The molecule has 0 aliphatic carbocycles. The minimum absolute atomic E-state index is 0.144. The van der Waals surface area contributed by atoms with Crippen molar-refractivity contribution in [3.8, 4) is 0 Å². The number of aromatic nitrogens is 1. The van der Waals surface area contributed by atoms with Crippen LogP contribution >= 0.6 is 11.3 Å². The number of nitrogens with one attached hydrogen (secondary N) is 2. The lowest BCUT2D eigenvalue weighted by atomic mass is 10.3. The van der Waals surface area contributed by atoms with Crippen LogP contribution < -0.4 is 10.6 Å². The van der Waals surface area contributed by atoms with Gasteiger partial charge in [-0.2, -0.15) is 0 Å². The van der Waals surface area contributed by atoms with Crippen molar-refractivity contribution in [3.05, 3.63) is 45.8 Å². The molecule has 2 amide bonds. The Bertz CT molecular complexity index is 635. The van der Waals surface area contributed by atoms with Gasteiger partial charge in [0, 0.05) is 24.0 Å². The molecule has 5 nitrogen and oxygen atoms in total. The molecule has 0 radical (unpaired) electrons. The highest BCUT2D eigenvalue weighted by Crippen LogP contribution is 2.14. The summed E-state index contributed by atoms with van der Waals surface area (Å²) < 4.78 is 0. The Kier molecular flexibility index (Phi) is 5.05. The lowest BCUT2D eigenvalue weighted by molar-refractivity contribution is -0.116. The Hall–Kier alpha value is -2.21. The number of amides is 2. The molecule has 2 N–H and O–H groups in total. The van der Waals surface area contributed by atoms with Gasteiger partial charge in [0.25, 0.3) is 5.91 Å². The van der Waals surface area contributed by atoms with Crippen LogP contribution in [-0.4, -0.2) is 23.3 Å². The monoisotopic (exact) mass is 303 g/mol. The van der Waals surface area contributed by atoms with E-state index in [1.807, 2.05) is 26.0 Å². The van der Waals surface area contributed by atoms with Crippen molar-refractivity contribution < 1.29 is 9.59 Å². The lowest BCUT2D eigenvalue weighted by Crippen LogP contribution is -2.27. The zero-order chi connectivity index (χ0) is 15.2. The van der Waals surface area contributed by atoms with E-state index < -0.39 is 0 Å². The number of aryl methyl sites for hydroxylation is 2. The van der Waals surface area contributed by atoms with E-state index in [2.05, 4.69) is 15.6 Å². The van der Waals surface area contributed by atoms with E-state index in [0.717, 1.165) is 10.4 Å². The predicted molar refractivity (Wildman–Crippen MR) is 83.6 cm³/mol. The molecule has 6 heteroatoms.